The average Bonchev–Trinajstić information content (AvgIpc) is 3.46. The SMILES string of the molecule is O=C(Cc1csc(-c2ccc(C(F)(F)F)cc2)n1)N1CCC(c2nc3ccccc3o2)CC1. The van der Waals surface area contributed by atoms with E-state index in [0.717, 1.165) is 42.0 Å². The number of rotatable bonds is 4. The van der Waals surface area contributed by atoms with Crippen LogP contribution in [0.25, 0.3) is 21.7 Å². The van der Waals surface area contributed by atoms with Gasteiger partial charge in [-0.1, -0.05) is 24.3 Å². The van der Waals surface area contributed by atoms with Crippen LogP contribution in [0.5, 0.6) is 0 Å². The van der Waals surface area contributed by atoms with E-state index in [4.69, 9.17) is 4.42 Å². The number of hydrogen-bond donors (Lipinski definition) is 0. The van der Waals surface area contributed by atoms with Gasteiger partial charge in [0.2, 0.25) is 5.91 Å². The first kappa shape index (κ1) is 21.6. The van der Waals surface area contributed by atoms with Crippen molar-refractivity contribution >= 4 is 28.3 Å². The molecule has 3 heterocycles. The highest BCUT2D eigenvalue weighted by atomic mass is 32.1. The van der Waals surface area contributed by atoms with Gasteiger partial charge in [-0.05, 0) is 37.1 Å². The Morgan fingerprint density at radius 1 is 1.06 bits per heavy atom. The highest BCUT2D eigenvalue weighted by Gasteiger charge is 2.30. The molecule has 9 heteroatoms. The van der Waals surface area contributed by atoms with Crippen LogP contribution in [0, 0.1) is 0 Å². The van der Waals surface area contributed by atoms with Gasteiger partial charge >= 0.3 is 6.18 Å². The molecule has 1 amide bonds. The third-order valence-electron chi connectivity index (χ3n) is 5.85. The van der Waals surface area contributed by atoms with Crippen molar-refractivity contribution in [1.82, 2.24) is 14.9 Å². The molecule has 1 aliphatic rings. The molecule has 5 rings (SSSR count). The minimum atomic E-state index is -4.37. The number of likely N-dealkylation sites (tertiary alicyclic amines) is 1. The molecule has 0 saturated carbocycles. The first-order valence-electron chi connectivity index (χ1n) is 10.6. The van der Waals surface area contributed by atoms with Crippen molar-refractivity contribution in [2.45, 2.75) is 31.4 Å². The molecule has 0 unspecified atom stereocenters. The van der Waals surface area contributed by atoms with Crippen LogP contribution in [0.1, 0.15) is 35.9 Å². The number of oxazole rings is 1. The molecular weight excluding hydrogens is 451 g/mol. The number of benzene rings is 2. The number of amides is 1. The van der Waals surface area contributed by atoms with E-state index in [1.807, 2.05) is 29.2 Å². The molecule has 33 heavy (non-hydrogen) atoms. The van der Waals surface area contributed by atoms with Crippen molar-refractivity contribution in [1.29, 1.82) is 0 Å². The van der Waals surface area contributed by atoms with Crippen molar-refractivity contribution in [2.75, 3.05) is 13.1 Å². The second kappa shape index (κ2) is 8.62. The number of halogens is 3. The van der Waals surface area contributed by atoms with Crippen molar-refractivity contribution in [3.63, 3.8) is 0 Å². The Morgan fingerprint density at radius 2 is 1.79 bits per heavy atom. The summed E-state index contributed by atoms with van der Waals surface area (Å²) in [6.45, 7) is 1.25. The number of carbonyl (C=O) groups is 1. The minimum Gasteiger partial charge on any atom is -0.440 e. The highest BCUT2D eigenvalue weighted by Crippen LogP contribution is 2.33. The Bertz CT molecular complexity index is 1240. The van der Waals surface area contributed by atoms with Gasteiger partial charge in [-0.25, -0.2) is 9.97 Å². The van der Waals surface area contributed by atoms with E-state index in [2.05, 4.69) is 9.97 Å². The normalized spacial score (nSPS) is 15.3. The number of thiazole rings is 1. The van der Waals surface area contributed by atoms with E-state index < -0.39 is 11.7 Å². The highest BCUT2D eigenvalue weighted by molar-refractivity contribution is 7.13. The summed E-state index contributed by atoms with van der Waals surface area (Å²) >= 11 is 1.32. The monoisotopic (exact) mass is 471 g/mol. The summed E-state index contributed by atoms with van der Waals surface area (Å²) in [5.74, 6) is 0.909. The lowest BCUT2D eigenvalue weighted by Gasteiger charge is -2.30. The molecule has 0 N–H and O–H groups in total. The van der Waals surface area contributed by atoms with Crippen molar-refractivity contribution in [3.8, 4) is 10.6 Å². The fourth-order valence-corrected chi connectivity index (χ4v) is 4.86. The average molecular weight is 472 g/mol. The van der Waals surface area contributed by atoms with Crippen LogP contribution in [0.2, 0.25) is 0 Å². The molecule has 4 aromatic rings. The first-order chi connectivity index (χ1) is 15.9. The van der Waals surface area contributed by atoms with Crippen molar-refractivity contribution < 1.29 is 22.4 Å². The van der Waals surface area contributed by atoms with Crippen LogP contribution < -0.4 is 0 Å². The van der Waals surface area contributed by atoms with Crippen LogP contribution in [0.15, 0.2) is 58.3 Å². The van der Waals surface area contributed by atoms with Crippen molar-refractivity contribution in [2.24, 2.45) is 0 Å². The zero-order valence-corrected chi connectivity index (χ0v) is 18.3. The molecule has 5 nitrogen and oxygen atoms in total. The predicted octanol–water partition coefficient (Wildman–Crippen LogP) is 5.92. The Morgan fingerprint density at radius 3 is 2.48 bits per heavy atom. The molecule has 2 aromatic heterocycles. The van der Waals surface area contributed by atoms with Crippen LogP contribution in [-0.4, -0.2) is 33.9 Å². The van der Waals surface area contributed by atoms with Gasteiger partial charge in [-0.2, -0.15) is 13.2 Å². The van der Waals surface area contributed by atoms with E-state index in [-0.39, 0.29) is 18.2 Å². The summed E-state index contributed by atoms with van der Waals surface area (Å²) in [6.07, 6.45) is -2.63. The Hall–Kier alpha value is -3.20. The van der Waals surface area contributed by atoms with Gasteiger partial charge in [-0.3, -0.25) is 4.79 Å². The molecule has 0 spiro atoms. The molecule has 0 atom stereocenters. The van der Waals surface area contributed by atoms with Gasteiger partial charge in [0.25, 0.3) is 0 Å². The summed E-state index contributed by atoms with van der Waals surface area (Å²) in [4.78, 5) is 23.7. The molecule has 1 saturated heterocycles. The van der Waals surface area contributed by atoms with E-state index in [9.17, 15) is 18.0 Å². The lowest BCUT2D eigenvalue weighted by atomic mass is 9.96. The Labute approximate surface area is 191 Å². The van der Waals surface area contributed by atoms with Crippen LogP contribution >= 0.6 is 11.3 Å². The predicted molar refractivity (Wildman–Crippen MR) is 119 cm³/mol. The van der Waals surface area contributed by atoms with Gasteiger partial charge < -0.3 is 9.32 Å². The maximum absolute atomic E-state index is 12.8. The van der Waals surface area contributed by atoms with E-state index in [0.29, 0.717) is 29.4 Å². The lowest BCUT2D eigenvalue weighted by Crippen LogP contribution is -2.38. The first-order valence-corrected chi connectivity index (χ1v) is 11.5. The number of carbonyl (C=O) groups excluding carboxylic acids is 1. The third kappa shape index (κ3) is 4.64. The zero-order chi connectivity index (χ0) is 23.0. The number of para-hydroxylation sites is 2. The number of piperidine rings is 1. The Balaban J connectivity index is 1.18. The van der Waals surface area contributed by atoms with E-state index in [1.165, 1.54) is 23.5 Å². The van der Waals surface area contributed by atoms with Crippen LogP contribution in [0.3, 0.4) is 0 Å². The maximum Gasteiger partial charge on any atom is 0.416 e. The second-order valence-corrected chi connectivity index (χ2v) is 8.93. The molecule has 1 aliphatic heterocycles. The van der Waals surface area contributed by atoms with Crippen LogP contribution in [0.4, 0.5) is 13.2 Å². The van der Waals surface area contributed by atoms with Crippen molar-refractivity contribution in [3.05, 3.63) is 71.1 Å². The smallest absolute Gasteiger partial charge is 0.416 e. The van der Waals surface area contributed by atoms with Gasteiger partial charge in [0, 0.05) is 30.0 Å². The largest absolute Gasteiger partial charge is 0.440 e. The third-order valence-corrected chi connectivity index (χ3v) is 6.79. The van der Waals surface area contributed by atoms with Gasteiger partial charge in [-0.15, -0.1) is 11.3 Å². The second-order valence-electron chi connectivity index (χ2n) is 8.07. The quantitative estimate of drug-likeness (QED) is 0.371. The van der Waals surface area contributed by atoms with Gasteiger partial charge in [0.15, 0.2) is 11.5 Å². The number of nitrogens with zero attached hydrogens (tertiary/aromatic N) is 3. The molecule has 0 aliphatic carbocycles. The number of alkyl halides is 3. The molecule has 2 aromatic carbocycles. The fourth-order valence-electron chi connectivity index (χ4n) is 4.03. The summed E-state index contributed by atoms with van der Waals surface area (Å²) in [5.41, 5.74) is 2.16. The zero-order valence-electron chi connectivity index (χ0n) is 17.5. The van der Waals surface area contributed by atoms with E-state index in [1.54, 1.807) is 5.38 Å². The number of hydrogen-bond acceptors (Lipinski definition) is 5. The number of fused-ring (bicyclic) bond motifs is 1. The molecule has 170 valence electrons. The summed E-state index contributed by atoms with van der Waals surface area (Å²) in [5, 5.41) is 2.39. The van der Waals surface area contributed by atoms with E-state index >= 15 is 0 Å². The summed E-state index contributed by atoms with van der Waals surface area (Å²) < 4.78 is 44.1. The maximum atomic E-state index is 12.8. The molecule has 0 bridgehead atoms. The van der Waals surface area contributed by atoms with Gasteiger partial charge in [0.05, 0.1) is 17.7 Å². The molecule has 1 fully saturated rings. The fraction of sp³-hybridized carbons (Fsp3) is 0.292. The molecule has 0 radical (unpaired) electrons. The standard InChI is InChI=1S/C24H20F3N3O2S/c25-24(26,27)17-7-5-16(6-8-17)23-28-18(14-33-23)13-21(31)30-11-9-15(10-12-30)22-29-19-3-1-2-4-20(19)32-22/h1-8,14-15H,9-13H2. The minimum absolute atomic E-state index is 0.00437. The molecular formula is C24H20F3N3O2S. The summed E-state index contributed by atoms with van der Waals surface area (Å²) in [7, 11) is 0. The Kier molecular flexibility index (Phi) is 5.65. The van der Waals surface area contributed by atoms with Gasteiger partial charge in [0.1, 0.15) is 10.5 Å². The van der Waals surface area contributed by atoms with Crippen LogP contribution in [-0.2, 0) is 17.4 Å². The lowest BCUT2D eigenvalue weighted by molar-refractivity contribution is -0.137. The number of aromatic nitrogens is 2. The topological polar surface area (TPSA) is 59.2 Å². The summed E-state index contributed by atoms with van der Waals surface area (Å²) in [6, 6.07) is 12.6.